The lowest BCUT2D eigenvalue weighted by Gasteiger charge is -2.21. The zero-order valence-electron chi connectivity index (χ0n) is 8.93. The molecule has 4 nitrogen and oxygen atoms in total. The Morgan fingerprint density at radius 1 is 1.47 bits per heavy atom. The van der Waals surface area contributed by atoms with Crippen molar-refractivity contribution in [2.24, 2.45) is 0 Å². The summed E-state index contributed by atoms with van der Waals surface area (Å²) in [5.41, 5.74) is 0. The average molecular weight is 269 g/mol. The van der Waals surface area contributed by atoms with Gasteiger partial charge in [0.15, 0.2) is 0 Å². The minimum atomic E-state index is -0.975. The third-order valence-electron chi connectivity index (χ3n) is 1.85. The van der Waals surface area contributed by atoms with Gasteiger partial charge in [-0.05, 0) is 23.0 Å². The summed E-state index contributed by atoms with van der Waals surface area (Å²) in [5, 5.41) is 8.70. The molecule has 0 radical (unpaired) electrons. The van der Waals surface area contributed by atoms with Gasteiger partial charge >= 0.3 is 5.97 Å². The normalized spacial score (nSPS) is 12.2. The SMILES string of the molecule is CSSSCCC(=O)N(C)[C@@H](C)C(=O)O. The fraction of sp³-hybridized carbons (Fsp3) is 0.750. The highest BCUT2D eigenvalue weighted by molar-refractivity contribution is 9.09. The highest BCUT2D eigenvalue weighted by atomic mass is 33.5. The Morgan fingerprint density at radius 3 is 2.53 bits per heavy atom. The number of likely N-dealkylation sites (N-methyl/N-ethyl adjacent to an activating group) is 1. The topological polar surface area (TPSA) is 57.6 Å². The van der Waals surface area contributed by atoms with Gasteiger partial charge in [-0.25, -0.2) is 4.79 Å². The molecule has 0 aromatic rings. The van der Waals surface area contributed by atoms with Crippen molar-refractivity contribution in [3.05, 3.63) is 0 Å². The Morgan fingerprint density at radius 2 is 2.07 bits per heavy atom. The van der Waals surface area contributed by atoms with Crippen LogP contribution in [0.3, 0.4) is 0 Å². The first kappa shape index (κ1) is 15.0. The number of rotatable bonds is 7. The Hall–Kier alpha value is -0.0100. The van der Waals surface area contributed by atoms with Crippen LogP contribution in [-0.2, 0) is 9.59 Å². The molecule has 1 amide bonds. The van der Waals surface area contributed by atoms with Crippen LogP contribution in [0.2, 0.25) is 0 Å². The fourth-order valence-corrected chi connectivity index (χ4v) is 3.41. The van der Waals surface area contributed by atoms with Crippen LogP contribution in [-0.4, -0.2) is 47.0 Å². The van der Waals surface area contributed by atoms with Crippen LogP contribution in [0.25, 0.3) is 0 Å². The third-order valence-corrected chi connectivity index (χ3v) is 5.74. The van der Waals surface area contributed by atoms with Crippen LogP contribution < -0.4 is 0 Å². The molecule has 0 bridgehead atoms. The molecular weight excluding hydrogens is 254 g/mol. The van der Waals surface area contributed by atoms with Crippen LogP contribution in [0.5, 0.6) is 0 Å². The van der Waals surface area contributed by atoms with Crippen molar-refractivity contribution in [2.45, 2.75) is 19.4 Å². The Labute approximate surface area is 101 Å². The van der Waals surface area contributed by atoms with Crippen molar-refractivity contribution >= 4 is 43.3 Å². The summed E-state index contributed by atoms with van der Waals surface area (Å²) < 4.78 is 0. The van der Waals surface area contributed by atoms with Crippen molar-refractivity contribution in [1.29, 1.82) is 0 Å². The van der Waals surface area contributed by atoms with Gasteiger partial charge in [-0.15, -0.1) is 0 Å². The van der Waals surface area contributed by atoms with Crippen molar-refractivity contribution in [3.63, 3.8) is 0 Å². The quantitative estimate of drug-likeness (QED) is 0.563. The number of amides is 1. The van der Waals surface area contributed by atoms with Gasteiger partial charge in [0, 0.05) is 19.2 Å². The minimum absolute atomic E-state index is 0.126. The fourth-order valence-electron chi connectivity index (χ4n) is 0.769. The molecule has 0 spiro atoms. The Bertz CT molecular complexity index is 225. The molecule has 1 N–H and O–H groups in total. The lowest BCUT2D eigenvalue weighted by atomic mass is 10.3. The van der Waals surface area contributed by atoms with Crippen molar-refractivity contribution in [2.75, 3.05) is 19.1 Å². The van der Waals surface area contributed by atoms with Crippen LogP contribution in [0.1, 0.15) is 13.3 Å². The van der Waals surface area contributed by atoms with Gasteiger partial charge < -0.3 is 10.0 Å². The molecule has 0 aliphatic heterocycles. The zero-order chi connectivity index (χ0) is 11.8. The predicted octanol–water partition coefficient (Wildman–Crippen LogP) is 1.97. The van der Waals surface area contributed by atoms with Gasteiger partial charge in [0.2, 0.25) is 5.91 Å². The van der Waals surface area contributed by atoms with E-state index >= 15 is 0 Å². The lowest BCUT2D eigenvalue weighted by Crippen LogP contribution is -2.40. The summed E-state index contributed by atoms with van der Waals surface area (Å²) in [4.78, 5) is 23.4. The monoisotopic (exact) mass is 269 g/mol. The average Bonchev–Trinajstić information content (AvgIpc) is 2.21. The van der Waals surface area contributed by atoms with E-state index in [2.05, 4.69) is 0 Å². The van der Waals surface area contributed by atoms with Gasteiger partial charge in [0.1, 0.15) is 6.04 Å². The van der Waals surface area contributed by atoms with E-state index in [4.69, 9.17) is 5.11 Å². The van der Waals surface area contributed by atoms with Gasteiger partial charge in [-0.3, -0.25) is 4.79 Å². The second-order valence-corrected chi connectivity index (χ2v) is 7.28. The smallest absolute Gasteiger partial charge is 0.326 e. The summed E-state index contributed by atoms with van der Waals surface area (Å²) >= 11 is 0. The second-order valence-electron chi connectivity index (χ2n) is 2.83. The molecule has 0 heterocycles. The van der Waals surface area contributed by atoms with E-state index in [-0.39, 0.29) is 5.91 Å². The van der Waals surface area contributed by atoms with Gasteiger partial charge in [-0.2, -0.15) is 0 Å². The number of hydrogen-bond donors (Lipinski definition) is 1. The molecule has 1 atom stereocenters. The Balaban J connectivity index is 3.84. The first-order valence-electron chi connectivity index (χ1n) is 4.31. The largest absolute Gasteiger partial charge is 0.480 e. The van der Waals surface area contributed by atoms with E-state index in [1.165, 1.54) is 18.9 Å². The number of hydrogen-bond acceptors (Lipinski definition) is 5. The maximum Gasteiger partial charge on any atom is 0.326 e. The molecular formula is C8H15NO3S3. The molecule has 0 aromatic heterocycles. The standard InChI is InChI=1S/C8H15NO3S3/c1-6(8(11)12)9(2)7(10)4-5-14-15-13-3/h6H,4-5H2,1-3H3,(H,11,12)/t6-/m0/s1. The summed E-state index contributed by atoms with van der Waals surface area (Å²) in [6, 6.07) is -0.754. The van der Waals surface area contributed by atoms with E-state index in [0.717, 1.165) is 0 Å². The maximum absolute atomic E-state index is 11.5. The van der Waals surface area contributed by atoms with Crippen molar-refractivity contribution in [3.8, 4) is 0 Å². The summed E-state index contributed by atoms with van der Waals surface area (Å²) in [6.07, 6.45) is 2.35. The van der Waals surface area contributed by atoms with E-state index in [0.29, 0.717) is 12.2 Å². The molecule has 0 fully saturated rings. The number of carbonyl (C=O) groups excluding carboxylic acids is 1. The minimum Gasteiger partial charge on any atom is -0.480 e. The molecule has 88 valence electrons. The number of carbonyl (C=O) groups is 2. The molecule has 7 heteroatoms. The molecule has 0 rings (SSSR count). The maximum atomic E-state index is 11.5. The van der Waals surface area contributed by atoms with Crippen LogP contribution >= 0.6 is 31.4 Å². The molecule has 0 saturated carbocycles. The van der Waals surface area contributed by atoms with Crippen molar-refractivity contribution < 1.29 is 14.7 Å². The number of carboxylic acid groups (broad SMARTS) is 1. The number of carboxylic acids is 1. The highest BCUT2D eigenvalue weighted by Crippen LogP contribution is 2.32. The van der Waals surface area contributed by atoms with Gasteiger partial charge in [0.25, 0.3) is 0 Å². The first-order chi connectivity index (χ1) is 7.00. The second kappa shape index (κ2) is 8.18. The highest BCUT2D eigenvalue weighted by Gasteiger charge is 2.20. The summed E-state index contributed by atoms with van der Waals surface area (Å²) in [7, 11) is 6.38. The van der Waals surface area contributed by atoms with Crippen molar-refractivity contribution in [1.82, 2.24) is 4.90 Å². The van der Waals surface area contributed by atoms with Gasteiger partial charge in [-0.1, -0.05) is 21.6 Å². The molecule has 0 aromatic carbocycles. The van der Waals surface area contributed by atoms with E-state index in [9.17, 15) is 9.59 Å². The molecule has 0 aliphatic carbocycles. The van der Waals surface area contributed by atoms with Gasteiger partial charge in [0.05, 0.1) is 0 Å². The number of aliphatic carboxylic acids is 1. The zero-order valence-corrected chi connectivity index (χ0v) is 11.4. The summed E-state index contributed by atoms with van der Waals surface area (Å²) in [6.45, 7) is 1.50. The predicted molar refractivity (Wildman–Crippen MR) is 68.0 cm³/mol. The molecule has 0 aliphatic rings. The van der Waals surface area contributed by atoms with Crippen LogP contribution in [0.15, 0.2) is 0 Å². The van der Waals surface area contributed by atoms with Crippen LogP contribution in [0.4, 0.5) is 0 Å². The van der Waals surface area contributed by atoms with E-state index < -0.39 is 12.0 Å². The number of nitrogens with zero attached hydrogens (tertiary/aromatic N) is 1. The Kier molecular flexibility index (Phi) is 8.17. The van der Waals surface area contributed by atoms with E-state index in [1.807, 2.05) is 6.26 Å². The third kappa shape index (κ3) is 6.21. The molecule has 0 unspecified atom stereocenters. The molecule has 15 heavy (non-hydrogen) atoms. The van der Waals surface area contributed by atoms with E-state index in [1.54, 1.807) is 31.4 Å². The summed E-state index contributed by atoms with van der Waals surface area (Å²) in [5.74, 6) is -0.391. The lowest BCUT2D eigenvalue weighted by molar-refractivity contribution is -0.148. The van der Waals surface area contributed by atoms with Crippen LogP contribution in [0, 0.1) is 0 Å². The molecule has 0 saturated heterocycles. The first-order valence-corrected chi connectivity index (χ1v) is 8.37.